The summed E-state index contributed by atoms with van der Waals surface area (Å²) in [6.45, 7) is 6.15. The summed E-state index contributed by atoms with van der Waals surface area (Å²) < 4.78 is 0. The molecule has 0 unspecified atom stereocenters. The van der Waals surface area contributed by atoms with Crippen LogP contribution >= 0.6 is 0 Å². The molecule has 0 aromatic rings. The molecule has 0 heterocycles. The van der Waals surface area contributed by atoms with Gasteiger partial charge in [-0.1, -0.05) is 58.8 Å². The third-order valence-corrected chi connectivity index (χ3v) is 2.95. The van der Waals surface area contributed by atoms with Crippen LogP contribution in [0, 0.1) is 0 Å². The molecule has 0 aromatic heterocycles. The van der Waals surface area contributed by atoms with Crippen LogP contribution in [-0.4, -0.2) is 19.0 Å². The zero-order valence-electron chi connectivity index (χ0n) is 12.3. The van der Waals surface area contributed by atoms with Crippen LogP contribution < -0.4 is 16.6 Å². The lowest BCUT2D eigenvalue weighted by molar-refractivity contribution is 0.571. The number of hydrogen-bond acceptors (Lipinski definition) is 2. The molecule has 108 valence electrons. The van der Waals surface area contributed by atoms with Gasteiger partial charge in [0.05, 0.1) is 0 Å². The van der Waals surface area contributed by atoms with Gasteiger partial charge in [0.15, 0.2) is 0 Å². The molecule has 0 rings (SSSR count). The zero-order chi connectivity index (χ0) is 13.5. The predicted molar refractivity (Wildman–Crippen MR) is 80.5 cm³/mol. The van der Waals surface area contributed by atoms with E-state index in [1.807, 2.05) is 0 Å². The highest BCUT2D eigenvalue weighted by Crippen LogP contribution is 2.07. The summed E-state index contributed by atoms with van der Waals surface area (Å²) in [6.07, 6.45) is 11.8. The second-order valence-electron chi connectivity index (χ2n) is 4.78. The molecule has 0 aliphatic carbocycles. The van der Waals surface area contributed by atoms with Crippen LogP contribution in [0.15, 0.2) is 4.99 Å². The third-order valence-electron chi connectivity index (χ3n) is 2.95. The Balaban J connectivity index is 3.28. The van der Waals surface area contributed by atoms with Crippen molar-refractivity contribution in [2.24, 2.45) is 10.8 Å². The van der Waals surface area contributed by atoms with E-state index in [1.165, 1.54) is 51.4 Å². The summed E-state index contributed by atoms with van der Waals surface area (Å²) in [7, 11) is 0. The second kappa shape index (κ2) is 14.3. The van der Waals surface area contributed by atoms with Gasteiger partial charge in [0.1, 0.15) is 0 Å². The molecule has 4 heteroatoms. The Kier molecular flexibility index (Phi) is 13.7. The minimum absolute atomic E-state index is 0.722. The van der Waals surface area contributed by atoms with Crippen molar-refractivity contribution in [1.29, 1.82) is 0 Å². The van der Waals surface area contributed by atoms with E-state index in [1.54, 1.807) is 0 Å². The van der Waals surface area contributed by atoms with Gasteiger partial charge in [-0.3, -0.25) is 10.4 Å². The van der Waals surface area contributed by atoms with E-state index in [0.29, 0.717) is 0 Å². The Morgan fingerprint density at radius 3 is 2.06 bits per heavy atom. The number of nitrogens with zero attached hydrogens (tertiary/aromatic N) is 1. The van der Waals surface area contributed by atoms with Crippen molar-refractivity contribution in [3.05, 3.63) is 0 Å². The van der Waals surface area contributed by atoms with Crippen LogP contribution in [0.5, 0.6) is 0 Å². The fraction of sp³-hybridized carbons (Fsp3) is 0.929. The van der Waals surface area contributed by atoms with E-state index in [0.717, 1.165) is 25.5 Å². The lowest BCUT2D eigenvalue weighted by atomic mass is 10.1. The first kappa shape index (κ1) is 17.2. The van der Waals surface area contributed by atoms with Gasteiger partial charge in [0.25, 0.3) is 0 Å². The Hall–Kier alpha value is -0.770. The Bertz CT molecular complexity index is 192. The number of nitrogens with one attached hydrogen (secondary N) is 2. The number of aliphatic imine (C=N–C) groups is 1. The minimum atomic E-state index is 0.722. The molecule has 4 N–H and O–H groups in total. The first-order valence-corrected chi connectivity index (χ1v) is 7.60. The fourth-order valence-electron chi connectivity index (χ4n) is 1.84. The van der Waals surface area contributed by atoms with Crippen molar-refractivity contribution in [3.63, 3.8) is 0 Å². The maximum Gasteiger partial charge on any atom is 0.205 e. The van der Waals surface area contributed by atoms with Crippen molar-refractivity contribution in [3.8, 4) is 0 Å². The summed E-state index contributed by atoms with van der Waals surface area (Å²) in [4.78, 5) is 4.30. The van der Waals surface area contributed by atoms with Crippen molar-refractivity contribution < 1.29 is 0 Å². The highest BCUT2D eigenvalue weighted by molar-refractivity contribution is 5.79. The molecular formula is C14H32N4. The van der Waals surface area contributed by atoms with Crippen LogP contribution in [-0.2, 0) is 0 Å². The molecule has 0 amide bonds. The molecule has 0 saturated carbocycles. The van der Waals surface area contributed by atoms with E-state index in [9.17, 15) is 0 Å². The molecule has 0 bridgehead atoms. The van der Waals surface area contributed by atoms with Crippen molar-refractivity contribution in [2.45, 2.75) is 71.6 Å². The summed E-state index contributed by atoms with van der Waals surface area (Å²) in [5.74, 6) is 6.10. The largest absolute Gasteiger partial charge is 0.355 e. The molecule has 0 aliphatic rings. The first-order valence-electron chi connectivity index (χ1n) is 7.60. The molecule has 0 aliphatic heterocycles. The maximum atomic E-state index is 5.38. The fourth-order valence-corrected chi connectivity index (χ4v) is 1.84. The predicted octanol–water partition coefficient (Wildman–Crippen LogP) is 2.95. The third kappa shape index (κ3) is 11.7. The molecule has 4 nitrogen and oxygen atoms in total. The Labute approximate surface area is 113 Å². The summed E-state index contributed by atoms with van der Waals surface area (Å²) >= 11 is 0. The Morgan fingerprint density at radius 2 is 1.50 bits per heavy atom. The van der Waals surface area contributed by atoms with Gasteiger partial charge in [0.2, 0.25) is 5.96 Å². The van der Waals surface area contributed by atoms with E-state index in [2.05, 4.69) is 29.6 Å². The van der Waals surface area contributed by atoms with Crippen molar-refractivity contribution >= 4 is 5.96 Å². The first-order chi connectivity index (χ1) is 8.85. The quantitative estimate of drug-likeness (QED) is 0.175. The average Bonchev–Trinajstić information content (AvgIpc) is 2.40. The highest BCUT2D eigenvalue weighted by atomic mass is 15.3. The average molecular weight is 256 g/mol. The van der Waals surface area contributed by atoms with Crippen LogP contribution in [0.4, 0.5) is 0 Å². The molecule has 0 saturated heterocycles. The van der Waals surface area contributed by atoms with Gasteiger partial charge in [-0.15, -0.1) is 0 Å². The van der Waals surface area contributed by atoms with E-state index in [-0.39, 0.29) is 0 Å². The normalized spacial score (nSPS) is 11.6. The number of nitrogens with two attached hydrogens (primary N) is 1. The molecule has 0 atom stereocenters. The topological polar surface area (TPSA) is 62.4 Å². The number of guanidine groups is 1. The van der Waals surface area contributed by atoms with Crippen LogP contribution in [0.25, 0.3) is 0 Å². The monoisotopic (exact) mass is 256 g/mol. The molecule has 0 fully saturated rings. The standard InChI is InChI=1S/C14H32N4/c1-3-5-6-7-8-9-10-11-13-17-14(18-15)16-12-4-2/h3-13,15H2,1-2H3,(H2,16,17,18). The summed E-state index contributed by atoms with van der Waals surface area (Å²) in [6, 6.07) is 0. The second-order valence-corrected chi connectivity index (χ2v) is 4.78. The summed E-state index contributed by atoms with van der Waals surface area (Å²) in [5.41, 5.74) is 2.60. The molecule has 0 radical (unpaired) electrons. The molecule has 0 spiro atoms. The van der Waals surface area contributed by atoms with Gasteiger partial charge in [-0.25, -0.2) is 5.84 Å². The van der Waals surface area contributed by atoms with Gasteiger partial charge in [0, 0.05) is 13.1 Å². The van der Waals surface area contributed by atoms with Gasteiger partial charge in [-0.05, 0) is 12.8 Å². The lowest BCUT2D eigenvalue weighted by Gasteiger charge is -2.08. The molecule has 18 heavy (non-hydrogen) atoms. The van der Waals surface area contributed by atoms with Crippen LogP contribution in [0.3, 0.4) is 0 Å². The number of rotatable bonds is 11. The smallest absolute Gasteiger partial charge is 0.205 e. The molecular weight excluding hydrogens is 224 g/mol. The maximum absolute atomic E-state index is 5.38. The number of hydrogen-bond donors (Lipinski definition) is 3. The van der Waals surface area contributed by atoms with Crippen molar-refractivity contribution in [2.75, 3.05) is 13.1 Å². The lowest BCUT2D eigenvalue weighted by Crippen LogP contribution is -2.42. The minimum Gasteiger partial charge on any atom is -0.355 e. The van der Waals surface area contributed by atoms with E-state index >= 15 is 0 Å². The van der Waals surface area contributed by atoms with E-state index < -0.39 is 0 Å². The van der Waals surface area contributed by atoms with Crippen LogP contribution in [0.1, 0.15) is 71.6 Å². The van der Waals surface area contributed by atoms with Gasteiger partial charge in [-0.2, -0.15) is 0 Å². The Morgan fingerprint density at radius 1 is 0.889 bits per heavy atom. The SMILES string of the molecule is CCCCCCCCCCNC(=NCCC)NN. The molecule has 0 aromatic carbocycles. The van der Waals surface area contributed by atoms with E-state index in [4.69, 9.17) is 5.84 Å². The van der Waals surface area contributed by atoms with Gasteiger partial charge >= 0.3 is 0 Å². The summed E-state index contributed by atoms with van der Waals surface area (Å²) in [5, 5.41) is 3.23. The van der Waals surface area contributed by atoms with Crippen molar-refractivity contribution in [1.82, 2.24) is 10.7 Å². The van der Waals surface area contributed by atoms with Gasteiger partial charge < -0.3 is 5.32 Å². The zero-order valence-corrected chi connectivity index (χ0v) is 12.3. The highest BCUT2D eigenvalue weighted by Gasteiger charge is 1.95. The van der Waals surface area contributed by atoms with Crippen LogP contribution in [0.2, 0.25) is 0 Å². The number of hydrazine groups is 1. The number of unbranched alkanes of at least 4 members (excludes halogenated alkanes) is 7.